The highest BCUT2D eigenvalue weighted by Gasteiger charge is 2.71. The lowest BCUT2D eigenvalue weighted by atomic mass is 9.33. The van der Waals surface area contributed by atoms with Gasteiger partial charge in [0.25, 0.3) is 0 Å². The van der Waals surface area contributed by atoms with Crippen LogP contribution in [-0.2, 0) is 14.9 Å². The molecule has 1 amide bonds. The van der Waals surface area contributed by atoms with Gasteiger partial charge >= 0.3 is 0 Å². The van der Waals surface area contributed by atoms with E-state index in [0.717, 1.165) is 50.7 Å². The second-order valence-corrected chi connectivity index (χ2v) is 9.21. The van der Waals surface area contributed by atoms with Gasteiger partial charge in [0.05, 0.1) is 17.8 Å². The third kappa shape index (κ3) is 3.81. The Kier molecular flexibility index (Phi) is 5.69. The van der Waals surface area contributed by atoms with Gasteiger partial charge in [-0.3, -0.25) is 4.79 Å². The van der Waals surface area contributed by atoms with Crippen LogP contribution in [0.5, 0.6) is 5.75 Å². The molecule has 0 atom stereocenters. The summed E-state index contributed by atoms with van der Waals surface area (Å²) in [5.41, 5.74) is 1.96. The second-order valence-electron chi connectivity index (χ2n) is 9.21. The molecule has 5 heteroatoms. The Bertz CT molecular complexity index is 745. The maximum absolute atomic E-state index is 12.8. The predicted octanol–water partition coefficient (Wildman–Crippen LogP) is 4.82. The van der Waals surface area contributed by atoms with E-state index in [0.29, 0.717) is 30.5 Å². The van der Waals surface area contributed by atoms with E-state index in [1.54, 1.807) is 7.11 Å². The zero-order chi connectivity index (χ0) is 20.5. The molecule has 0 saturated heterocycles. The number of amides is 1. The van der Waals surface area contributed by atoms with Gasteiger partial charge in [0.1, 0.15) is 12.4 Å². The van der Waals surface area contributed by atoms with E-state index < -0.39 is 0 Å². The van der Waals surface area contributed by atoms with Gasteiger partial charge in [-0.15, -0.1) is 0 Å². The molecule has 1 aromatic carbocycles. The fourth-order valence-electron chi connectivity index (χ4n) is 5.41. The lowest BCUT2D eigenvalue weighted by molar-refractivity contribution is -0.177. The van der Waals surface area contributed by atoms with Crippen LogP contribution >= 0.6 is 0 Å². The summed E-state index contributed by atoms with van der Waals surface area (Å²) in [5, 5.41) is 3.31. The maximum Gasteiger partial charge on any atom is 0.226 e. The Labute approximate surface area is 172 Å². The first kappa shape index (κ1) is 20.4. The van der Waals surface area contributed by atoms with Crippen LogP contribution in [0.2, 0.25) is 0 Å². The molecule has 158 valence electrons. The first-order valence-corrected chi connectivity index (χ1v) is 10.9. The zero-order valence-electron chi connectivity index (χ0n) is 17.5. The summed E-state index contributed by atoms with van der Waals surface area (Å²) < 4.78 is 23.7. The Hall–Kier alpha value is -1.88. The molecule has 4 nitrogen and oxygen atoms in total. The maximum atomic E-state index is 12.8. The third-order valence-electron chi connectivity index (χ3n) is 7.35. The summed E-state index contributed by atoms with van der Waals surface area (Å²) in [6, 6.07) is 8.44. The minimum Gasteiger partial charge on any atom is -0.489 e. The molecule has 4 aliphatic carbocycles. The fraction of sp³-hybridized carbons (Fsp3) is 0.625. The zero-order valence-corrected chi connectivity index (χ0v) is 17.5. The number of benzene rings is 1. The van der Waals surface area contributed by atoms with Gasteiger partial charge < -0.3 is 14.8 Å². The highest BCUT2D eigenvalue weighted by Crippen LogP contribution is 2.73. The number of rotatable bonds is 8. The lowest BCUT2D eigenvalue weighted by Gasteiger charge is -2.69. The SMILES string of the molecule is CC/C(=C\F)COc1ccc(C23CC(C(=O)NC4CCC(OC)CC4)(C2)C3)cc1. The molecule has 1 N–H and O–H groups in total. The van der Waals surface area contributed by atoms with Gasteiger partial charge in [-0.05, 0) is 80.1 Å². The lowest BCUT2D eigenvalue weighted by Crippen LogP contribution is -2.70. The van der Waals surface area contributed by atoms with Crippen molar-refractivity contribution >= 4 is 5.91 Å². The summed E-state index contributed by atoms with van der Waals surface area (Å²) in [4.78, 5) is 12.8. The van der Waals surface area contributed by atoms with Crippen LogP contribution in [0.4, 0.5) is 4.39 Å². The van der Waals surface area contributed by atoms with Crippen LogP contribution in [0, 0.1) is 5.41 Å². The number of methoxy groups -OCH3 is 1. The van der Waals surface area contributed by atoms with Crippen molar-refractivity contribution in [1.82, 2.24) is 5.32 Å². The minimum atomic E-state index is -0.144. The summed E-state index contributed by atoms with van der Waals surface area (Å²) in [6.07, 6.45) is 8.59. The Morgan fingerprint density at radius 3 is 2.38 bits per heavy atom. The molecule has 2 bridgehead atoms. The van der Waals surface area contributed by atoms with Crippen molar-refractivity contribution < 1.29 is 18.7 Å². The molecular weight excluding hydrogens is 369 g/mol. The second kappa shape index (κ2) is 8.10. The first-order valence-electron chi connectivity index (χ1n) is 10.9. The van der Waals surface area contributed by atoms with Crippen LogP contribution in [0.1, 0.15) is 63.9 Å². The van der Waals surface area contributed by atoms with Crippen LogP contribution < -0.4 is 10.1 Å². The number of hydrogen-bond donors (Lipinski definition) is 1. The largest absolute Gasteiger partial charge is 0.489 e. The van der Waals surface area contributed by atoms with E-state index in [9.17, 15) is 9.18 Å². The number of nitrogens with one attached hydrogen (secondary N) is 1. The van der Waals surface area contributed by atoms with Crippen molar-refractivity contribution in [3.8, 4) is 5.75 Å². The van der Waals surface area contributed by atoms with Crippen LogP contribution in [0.3, 0.4) is 0 Å². The molecule has 5 rings (SSSR count). The summed E-state index contributed by atoms with van der Waals surface area (Å²) >= 11 is 0. The standard InChI is InChI=1S/C24H32FNO3/c1-3-17(12-25)13-29-21-8-4-18(5-9-21)23-14-24(15-23,16-23)22(27)26-19-6-10-20(28-2)11-7-19/h4-5,8-9,12,19-20H,3,6-7,10-11,13-16H2,1-2H3,(H,26,27)/b17-12+. The molecule has 0 aliphatic heterocycles. The normalized spacial score (nSPS) is 33.4. The Balaban J connectivity index is 1.27. The van der Waals surface area contributed by atoms with Gasteiger partial charge in [0, 0.05) is 13.2 Å². The molecule has 4 fully saturated rings. The smallest absolute Gasteiger partial charge is 0.226 e. The van der Waals surface area contributed by atoms with Crippen molar-refractivity contribution in [2.75, 3.05) is 13.7 Å². The fourth-order valence-corrected chi connectivity index (χ4v) is 5.41. The summed E-state index contributed by atoms with van der Waals surface area (Å²) in [6.45, 7) is 2.20. The van der Waals surface area contributed by atoms with Crippen LogP contribution in [0.15, 0.2) is 36.2 Å². The highest BCUT2D eigenvalue weighted by molar-refractivity contribution is 5.87. The van der Waals surface area contributed by atoms with E-state index in [-0.39, 0.29) is 23.3 Å². The highest BCUT2D eigenvalue weighted by atomic mass is 19.1. The van der Waals surface area contributed by atoms with Gasteiger partial charge in [-0.2, -0.15) is 0 Å². The number of ether oxygens (including phenoxy) is 2. The number of carbonyl (C=O) groups excluding carboxylic acids is 1. The van der Waals surface area contributed by atoms with Crippen molar-refractivity contribution in [2.24, 2.45) is 5.41 Å². The Morgan fingerprint density at radius 2 is 1.83 bits per heavy atom. The molecule has 29 heavy (non-hydrogen) atoms. The van der Waals surface area contributed by atoms with E-state index in [4.69, 9.17) is 9.47 Å². The van der Waals surface area contributed by atoms with Gasteiger partial charge in [0.2, 0.25) is 5.91 Å². The molecule has 0 aromatic heterocycles. The summed E-state index contributed by atoms with van der Waals surface area (Å²) in [5.74, 6) is 1.01. The van der Waals surface area contributed by atoms with E-state index in [1.165, 1.54) is 5.56 Å². The van der Waals surface area contributed by atoms with E-state index in [1.807, 2.05) is 19.1 Å². The molecule has 0 heterocycles. The molecule has 0 spiro atoms. The average molecular weight is 402 g/mol. The third-order valence-corrected chi connectivity index (χ3v) is 7.35. The van der Waals surface area contributed by atoms with Crippen LogP contribution in [0.25, 0.3) is 0 Å². The molecule has 0 unspecified atom stereocenters. The van der Waals surface area contributed by atoms with Crippen LogP contribution in [-0.4, -0.2) is 31.8 Å². The number of carbonyl (C=O) groups is 1. The van der Waals surface area contributed by atoms with Crippen molar-refractivity contribution in [3.63, 3.8) is 0 Å². The van der Waals surface area contributed by atoms with Gasteiger partial charge in [-0.1, -0.05) is 19.1 Å². The average Bonchev–Trinajstić information content (AvgIpc) is 2.68. The van der Waals surface area contributed by atoms with Crippen molar-refractivity contribution in [3.05, 3.63) is 41.7 Å². The van der Waals surface area contributed by atoms with Gasteiger partial charge in [0.15, 0.2) is 0 Å². The predicted molar refractivity (Wildman–Crippen MR) is 111 cm³/mol. The number of halogens is 1. The van der Waals surface area contributed by atoms with Crippen molar-refractivity contribution in [1.29, 1.82) is 0 Å². The molecular formula is C24H32FNO3. The van der Waals surface area contributed by atoms with E-state index >= 15 is 0 Å². The molecule has 1 aromatic rings. The topological polar surface area (TPSA) is 47.6 Å². The van der Waals surface area contributed by atoms with Gasteiger partial charge in [-0.25, -0.2) is 4.39 Å². The molecule has 4 saturated carbocycles. The molecule has 4 aliphatic rings. The monoisotopic (exact) mass is 401 g/mol. The molecule has 0 radical (unpaired) electrons. The first-order chi connectivity index (χ1) is 14.0. The Morgan fingerprint density at radius 1 is 1.17 bits per heavy atom. The van der Waals surface area contributed by atoms with Crippen molar-refractivity contribution in [2.45, 2.75) is 75.9 Å². The number of hydrogen-bond acceptors (Lipinski definition) is 3. The van der Waals surface area contributed by atoms with E-state index in [2.05, 4.69) is 17.4 Å². The summed E-state index contributed by atoms with van der Waals surface area (Å²) in [7, 11) is 1.77. The minimum absolute atomic E-state index is 0.144. The quantitative estimate of drug-likeness (QED) is 0.679.